The number of nitriles is 1. The van der Waals surface area contributed by atoms with E-state index < -0.39 is 11.7 Å². The average Bonchev–Trinajstić information content (AvgIpc) is 3.75. The lowest BCUT2D eigenvalue weighted by molar-refractivity contribution is -0.137. The molecular weight excluding hydrogens is 736 g/mol. The van der Waals surface area contributed by atoms with Gasteiger partial charge < -0.3 is 9.13 Å². The minimum Gasteiger partial charge on any atom is -0.309 e. The first-order valence-electron chi connectivity index (χ1n) is 19.6. The van der Waals surface area contributed by atoms with Gasteiger partial charge >= 0.3 is 6.18 Å². The number of benzene rings is 8. The summed E-state index contributed by atoms with van der Waals surface area (Å²) in [6.45, 7) is 5.93. The second kappa shape index (κ2) is 13.6. The van der Waals surface area contributed by atoms with E-state index in [1.54, 1.807) is 13.0 Å². The molecule has 0 aliphatic rings. The summed E-state index contributed by atoms with van der Waals surface area (Å²) >= 11 is 0. The summed E-state index contributed by atoms with van der Waals surface area (Å²) in [5.74, 6) is 0. The monoisotopic (exact) mass is 771 g/mol. The first-order chi connectivity index (χ1) is 28.6. The van der Waals surface area contributed by atoms with Crippen LogP contribution in [0.3, 0.4) is 0 Å². The van der Waals surface area contributed by atoms with E-state index in [-0.39, 0.29) is 0 Å². The molecule has 0 fully saturated rings. The Morgan fingerprint density at radius 2 is 0.915 bits per heavy atom. The first-order valence-corrected chi connectivity index (χ1v) is 19.6. The third-order valence-corrected chi connectivity index (χ3v) is 11.8. The average molecular weight is 772 g/mol. The molecule has 0 atom stereocenters. The third-order valence-electron chi connectivity index (χ3n) is 11.8. The Bertz CT molecular complexity index is 3370. The van der Waals surface area contributed by atoms with Crippen molar-refractivity contribution in [1.82, 2.24) is 9.13 Å². The van der Waals surface area contributed by atoms with Crippen LogP contribution < -0.4 is 0 Å². The van der Waals surface area contributed by atoms with Crippen LogP contribution in [0, 0.1) is 32.1 Å². The van der Waals surface area contributed by atoms with Gasteiger partial charge in [0.2, 0.25) is 0 Å². The molecule has 284 valence electrons. The number of aromatic nitrogens is 2. The smallest absolute Gasteiger partial charge is 0.309 e. The van der Waals surface area contributed by atoms with Crippen molar-refractivity contribution in [3.8, 4) is 50.8 Å². The normalized spacial score (nSPS) is 11.9. The lowest BCUT2D eigenvalue weighted by Gasteiger charge is -2.20. The number of rotatable bonds is 5. The fraction of sp³-hybridized carbons (Fsp3) is 0.0755. The van der Waals surface area contributed by atoms with Crippen LogP contribution in [0.25, 0.3) is 88.4 Å². The highest BCUT2D eigenvalue weighted by Gasteiger charge is 2.31. The van der Waals surface area contributed by atoms with Gasteiger partial charge in [-0.25, -0.2) is 0 Å². The molecule has 59 heavy (non-hydrogen) atoms. The van der Waals surface area contributed by atoms with E-state index in [4.69, 9.17) is 0 Å². The number of halogens is 3. The highest BCUT2D eigenvalue weighted by molar-refractivity contribution is 6.12. The Kier molecular flexibility index (Phi) is 8.33. The highest BCUT2D eigenvalue weighted by atomic mass is 19.4. The summed E-state index contributed by atoms with van der Waals surface area (Å²) in [6.07, 6.45) is -4.50. The molecule has 0 amide bonds. The lowest BCUT2D eigenvalue weighted by atomic mass is 9.94. The zero-order valence-corrected chi connectivity index (χ0v) is 32.6. The van der Waals surface area contributed by atoms with E-state index in [2.05, 4.69) is 114 Å². The number of hydrogen-bond donors (Lipinski definition) is 0. The summed E-state index contributed by atoms with van der Waals surface area (Å²) in [5, 5.41) is 15.2. The van der Waals surface area contributed by atoms with Crippen molar-refractivity contribution >= 4 is 43.6 Å². The van der Waals surface area contributed by atoms with Crippen molar-refractivity contribution in [3.05, 3.63) is 192 Å². The second-order valence-corrected chi connectivity index (χ2v) is 15.3. The number of aryl methyl sites for hydroxylation is 3. The third kappa shape index (κ3) is 5.81. The second-order valence-electron chi connectivity index (χ2n) is 15.3. The van der Waals surface area contributed by atoms with Crippen LogP contribution in [-0.4, -0.2) is 9.13 Å². The first kappa shape index (κ1) is 36.0. The summed E-state index contributed by atoms with van der Waals surface area (Å²) in [6, 6.07) is 56.2. The van der Waals surface area contributed by atoms with Crippen molar-refractivity contribution in [1.29, 1.82) is 5.26 Å². The Balaban J connectivity index is 1.28. The molecular formula is C53H36F3N3. The topological polar surface area (TPSA) is 33.6 Å². The Morgan fingerprint density at radius 1 is 0.424 bits per heavy atom. The van der Waals surface area contributed by atoms with Gasteiger partial charge in [0.25, 0.3) is 0 Å². The minimum absolute atomic E-state index is 0.432. The molecule has 0 aliphatic carbocycles. The Hall–Kier alpha value is -7.36. The maximum Gasteiger partial charge on any atom is 0.416 e. The van der Waals surface area contributed by atoms with Gasteiger partial charge in [-0.15, -0.1) is 0 Å². The number of para-hydroxylation sites is 2. The van der Waals surface area contributed by atoms with Crippen molar-refractivity contribution in [2.75, 3.05) is 0 Å². The molecule has 3 nitrogen and oxygen atoms in total. The summed E-state index contributed by atoms with van der Waals surface area (Å²) < 4.78 is 46.6. The lowest BCUT2D eigenvalue weighted by Crippen LogP contribution is -2.07. The largest absolute Gasteiger partial charge is 0.416 e. The highest BCUT2D eigenvalue weighted by Crippen LogP contribution is 2.44. The van der Waals surface area contributed by atoms with Gasteiger partial charge in [-0.1, -0.05) is 103 Å². The molecule has 8 aromatic carbocycles. The molecule has 0 unspecified atom stereocenters. The maximum atomic E-state index is 14.1. The molecule has 0 bridgehead atoms. The van der Waals surface area contributed by atoms with Crippen molar-refractivity contribution in [2.45, 2.75) is 26.9 Å². The van der Waals surface area contributed by atoms with Gasteiger partial charge in [-0.3, -0.25) is 0 Å². The van der Waals surface area contributed by atoms with Gasteiger partial charge in [0.1, 0.15) is 6.07 Å². The fourth-order valence-electron chi connectivity index (χ4n) is 8.99. The van der Waals surface area contributed by atoms with E-state index >= 15 is 0 Å². The minimum atomic E-state index is -4.50. The van der Waals surface area contributed by atoms with E-state index in [9.17, 15) is 18.4 Å². The van der Waals surface area contributed by atoms with Crippen LogP contribution >= 0.6 is 0 Å². The van der Waals surface area contributed by atoms with Crippen molar-refractivity contribution in [2.24, 2.45) is 0 Å². The quantitative estimate of drug-likeness (QED) is 0.172. The molecule has 0 saturated heterocycles. The molecule has 0 spiro atoms. The predicted molar refractivity (Wildman–Crippen MR) is 235 cm³/mol. The van der Waals surface area contributed by atoms with E-state index in [0.29, 0.717) is 33.6 Å². The van der Waals surface area contributed by atoms with Crippen LogP contribution in [0.4, 0.5) is 13.2 Å². The molecule has 2 aromatic heterocycles. The molecule has 0 aliphatic heterocycles. The molecule has 2 heterocycles. The van der Waals surface area contributed by atoms with Gasteiger partial charge in [0.15, 0.2) is 0 Å². The molecule has 10 rings (SSSR count). The molecule has 10 aromatic rings. The van der Waals surface area contributed by atoms with E-state index in [1.165, 1.54) is 17.2 Å². The van der Waals surface area contributed by atoms with Gasteiger partial charge in [-0.2, -0.15) is 18.4 Å². The number of nitrogens with zero attached hydrogens (tertiary/aromatic N) is 3. The zero-order valence-electron chi connectivity index (χ0n) is 32.6. The van der Waals surface area contributed by atoms with Gasteiger partial charge in [-0.05, 0) is 126 Å². The van der Waals surface area contributed by atoms with E-state index in [0.717, 1.165) is 71.9 Å². The van der Waals surface area contributed by atoms with Crippen molar-refractivity contribution in [3.63, 3.8) is 0 Å². The molecule has 6 heteroatoms. The maximum absolute atomic E-state index is 14.1. The molecule has 0 radical (unpaired) electrons. The Labute approximate surface area is 339 Å². The van der Waals surface area contributed by atoms with Gasteiger partial charge in [0, 0.05) is 27.1 Å². The zero-order chi connectivity index (χ0) is 40.6. The van der Waals surface area contributed by atoms with Crippen LogP contribution in [0.2, 0.25) is 0 Å². The Morgan fingerprint density at radius 3 is 1.42 bits per heavy atom. The molecule has 0 N–H and O–H groups in total. The number of alkyl halides is 3. The predicted octanol–water partition coefficient (Wildman–Crippen LogP) is 14.7. The number of hydrogen-bond acceptors (Lipinski definition) is 1. The van der Waals surface area contributed by atoms with Crippen LogP contribution in [-0.2, 0) is 6.18 Å². The fourth-order valence-corrected chi connectivity index (χ4v) is 8.99. The van der Waals surface area contributed by atoms with Crippen LogP contribution in [0.1, 0.15) is 27.8 Å². The van der Waals surface area contributed by atoms with Crippen LogP contribution in [0.15, 0.2) is 164 Å². The summed E-state index contributed by atoms with van der Waals surface area (Å²) in [7, 11) is 0. The SMILES string of the molecule is Cc1ccccc1-c1ccc2c(c1)c1ccccc1n2-c1cc(-c2ccc(C(F)(F)F)cc2C)c(-n2c3ccccc3c3cc(-c4ccccc4C)ccc32)cc1C#N. The van der Waals surface area contributed by atoms with Crippen molar-refractivity contribution < 1.29 is 13.2 Å². The summed E-state index contributed by atoms with van der Waals surface area (Å²) in [5.41, 5.74) is 13.4. The standard InChI is InChI=1S/C53H36F3N3/c1-32-12-4-6-14-39(32)35-20-24-49-44(27-35)42-16-8-10-18-47(42)58(49)51-30-46(41-23-22-38(26-34(41)3)53(54,55)56)52(29-37(51)31-57)59-48-19-11-9-17-43(48)45-28-36(21-25-50(45)59)40-15-7-5-13-33(40)2/h4-30H,1-3H3. The molecule has 0 saturated carbocycles. The summed E-state index contributed by atoms with van der Waals surface area (Å²) in [4.78, 5) is 0. The van der Waals surface area contributed by atoms with Gasteiger partial charge in [0.05, 0.1) is 44.6 Å². The van der Waals surface area contributed by atoms with E-state index in [1.807, 2.05) is 60.7 Å². The number of fused-ring (bicyclic) bond motifs is 6. The van der Waals surface area contributed by atoms with Crippen LogP contribution in [0.5, 0.6) is 0 Å².